The quantitative estimate of drug-likeness (QED) is 0.145. The average molecular weight is 589 g/mol. The van der Waals surface area contributed by atoms with Gasteiger partial charge in [-0.15, -0.1) is 0 Å². The summed E-state index contributed by atoms with van der Waals surface area (Å²) in [6, 6.07) is 16.6. The number of hydrogen-bond acceptors (Lipinski definition) is 9. The smallest absolute Gasteiger partial charge is 0.328 e. The number of methoxy groups -OCH3 is 4. The first kappa shape index (κ1) is 31.0. The van der Waals surface area contributed by atoms with Crippen molar-refractivity contribution in [1.29, 1.82) is 0 Å². The molecule has 0 aliphatic heterocycles. The molecular weight excluding hydrogens is 552 g/mol. The molecule has 0 fully saturated rings. The van der Waals surface area contributed by atoms with E-state index in [1.807, 2.05) is 18.2 Å². The lowest BCUT2D eigenvalue weighted by molar-refractivity contribution is -0.142. The molecule has 4 aromatic rings. The van der Waals surface area contributed by atoms with Gasteiger partial charge >= 0.3 is 5.97 Å². The third-order valence-corrected chi connectivity index (χ3v) is 6.77. The first-order valence-electron chi connectivity index (χ1n) is 13.9. The fourth-order valence-electron chi connectivity index (χ4n) is 4.43. The number of hydrogen-bond donors (Lipinski definition) is 1. The van der Waals surface area contributed by atoms with Crippen LogP contribution >= 0.6 is 0 Å². The van der Waals surface area contributed by atoms with Gasteiger partial charge in [0.05, 0.1) is 40.6 Å². The van der Waals surface area contributed by atoms with Crippen molar-refractivity contribution in [2.75, 3.05) is 35.0 Å². The van der Waals surface area contributed by atoms with Crippen molar-refractivity contribution in [2.24, 2.45) is 0 Å². The van der Waals surface area contributed by atoms with E-state index in [1.54, 1.807) is 70.0 Å². The molecule has 43 heavy (non-hydrogen) atoms. The van der Waals surface area contributed by atoms with Crippen molar-refractivity contribution in [3.05, 3.63) is 78.0 Å². The summed E-state index contributed by atoms with van der Waals surface area (Å²) in [5, 5.41) is 3.55. The fourth-order valence-corrected chi connectivity index (χ4v) is 4.43. The summed E-state index contributed by atoms with van der Waals surface area (Å²) >= 11 is 0. The molecule has 0 radical (unpaired) electrons. The van der Waals surface area contributed by atoms with Crippen LogP contribution in [-0.4, -0.2) is 57.9 Å². The lowest BCUT2D eigenvalue weighted by Crippen LogP contribution is -2.43. The third-order valence-electron chi connectivity index (χ3n) is 6.77. The Morgan fingerprint density at radius 3 is 2.21 bits per heavy atom. The molecule has 226 valence electrons. The summed E-state index contributed by atoms with van der Waals surface area (Å²) in [6.45, 7) is 2.57. The molecular formula is C33H36N2O8. The maximum absolute atomic E-state index is 13.1. The van der Waals surface area contributed by atoms with Crippen LogP contribution in [0, 0.1) is 0 Å². The normalized spacial score (nSPS) is 11.4. The van der Waals surface area contributed by atoms with Gasteiger partial charge in [0.2, 0.25) is 0 Å². The number of ether oxygens (including phenoxy) is 6. The predicted octanol–water partition coefficient (Wildman–Crippen LogP) is 5.75. The monoisotopic (exact) mass is 588 g/mol. The zero-order chi connectivity index (χ0) is 30.8. The molecule has 1 unspecified atom stereocenters. The van der Waals surface area contributed by atoms with Crippen molar-refractivity contribution >= 4 is 22.8 Å². The van der Waals surface area contributed by atoms with E-state index in [0.717, 1.165) is 23.8 Å². The second-order valence-electron chi connectivity index (χ2n) is 9.60. The molecule has 0 spiro atoms. The Bertz CT molecular complexity index is 1560. The topological polar surface area (TPSA) is 114 Å². The molecule has 10 nitrogen and oxygen atoms in total. The maximum Gasteiger partial charge on any atom is 0.328 e. The summed E-state index contributed by atoms with van der Waals surface area (Å²) in [4.78, 5) is 30.2. The van der Waals surface area contributed by atoms with Crippen molar-refractivity contribution in [3.63, 3.8) is 0 Å². The number of esters is 1. The van der Waals surface area contributed by atoms with Crippen LogP contribution < -0.4 is 29.0 Å². The van der Waals surface area contributed by atoms with Gasteiger partial charge in [-0.1, -0.05) is 25.5 Å². The van der Waals surface area contributed by atoms with Gasteiger partial charge in [-0.2, -0.15) is 0 Å². The van der Waals surface area contributed by atoms with Crippen LogP contribution in [0.4, 0.5) is 0 Å². The highest BCUT2D eigenvalue weighted by Gasteiger charge is 2.23. The number of nitrogens with zero attached hydrogens (tertiary/aromatic N) is 1. The van der Waals surface area contributed by atoms with E-state index in [4.69, 9.17) is 28.4 Å². The van der Waals surface area contributed by atoms with Gasteiger partial charge < -0.3 is 33.7 Å². The Morgan fingerprint density at radius 1 is 0.814 bits per heavy atom. The van der Waals surface area contributed by atoms with Crippen LogP contribution in [0.15, 0.2) is 66.9 Å². The maximum atomic E-state index is 13.1. The molecule has 0 aliphatic carbocycles. The number of rotatable bonds is 14. The number of fused-ring (bicyclic) bond motifs is 1. The van der Waals surface area contributed by atoms with E-state index in [0.29, 0.717) is 52.2 Å². The van der Waals surface area contributed by atoms with E-state index in [1.165, 1.54) is 7.11 Å². The minimum absolute atomic E-state index is 0.212. The minimum Gasteiger partial charge on any atom is -0.493 e. The Hall–Kier alpha value is -4.99. The molecule has 0 saturated heterocycles. The lowest BCUT2D eigenvalue weighted by Gasteiger charge is -2.18. The van der Waals surface area contributed by atoms with Crippen molar-refractivity contribution in [2.45, 2.75) is 32.2 Å². The van der Waals surface area contributed by atoms with Crippen LogP contribution in [0.1, 0.15) is 35.7 Å². The largest absolute Gasteiger partial charge is 0.493 e. The molecule has 1 amide bonds. The summed E-state index contributed by atoms with van der Waals surface area (Å²) in [5.41, 5.74) is 1.83. The first-order valence-corrected chi connectivity index (χ1v) is 13.9. The van der Waals surface area contributed by atoms with Gasteiger partial charge in [0.1, 0.15) is 17.5 Å². The summed E-state index contributed by atoms with van der Waals surface area (Å²) in [6.07, 6.45) is 3.72. The van der Waals surface area contributed by atoms with Gasteiger partial charge in [0, 0.05) is 29.6 Å². The molecule has 3 aromatic carbocycles. The van der Waals surface area contributed by atoms with E-state index in [-0.39, 0.29) is 6.42 Å². The van der Waals surface area contributed by atoms with Crippen molar-refractivity contribution < 1.29 is 38.0 Å². The molecule has 10 heteroatoms. The number of carbonyl (C=O) groups excluding carboxylic acids is 2. The molecule has 0 aliphatic rings. The highest BCUT2D eigenvalue weighted by molar-refractivity contribution is 5.97. The van der Waals surface area contributed by atoms with Gasteiger partial charge in [-0.25, -0.2) is 4.79 Å². The van der Waals surface area contributed by atoms with E-state index in [9.17, 15) is 9.59 Å². The molecule has 1 heterocycles. The SMILES string of the molecule is CCCCOc1cc(C(=O)NC(Cc2ccc(Oc3ccnc4cc(OC)c(OC)cc34)cc2)C(=O)OC)ccc1OC. The van der Waals surface area contributed by atoms with Gasteiger partial charge in [-0.05, 0) is 54.4 Å². The first-order chi connectivity index (χ1) is 20.9. The van der Waals surface area contributed by atoms with Crippen LogP contribution in [0.5, 0.6) is 34.5 Å². The molecule has 1 N–H and O–H groups in total. The van der Waals surface area contributed by atoms with Crippen LogP contribution in [0.2, 0.25) is 0 Å². The lowest BCUT2D eigenvalue weighted by atomic mass is 10.0. The number of amides is 1. The zero-order valence-electron chi connectivity index (χ0n) is 25.0. The fraction of sp³-hybridized carbons (Fsp3) is 0.303. The number of pyridine rings is 1. The van der Waals surface area contributed by atoms with Crippen LogP contribution in [-0.2, 0) is 16.0 Å². The Labute approximate surface area is 250 Å². The Morgan fingerprint density at radius 2 is 1.53 bits per heavy atom. The third kappa shape index (κ3) is 7.65. The van der Waals surface area contributed by atoms with E-state index >= 15 is 0 Å². The molecule has 0 bridgehead atoms. The number of benzene rings is 3. The highest BCUT2D eigenvalue weighted by atomic mass is 16.5. The van der Waals surface area contributed by atoms with Crippen LogP contribution in [0.25, 0.3) is 10.9 Å². The Balaban J connectivity index is 1.48. The van der Waals surface area contributed by atoms with Crippen molar-refractivity contribution in [3.8, 4) is 34.5 Å². The zero-order valence-corrected chi connectivity index (χ0v) is 25.0. The minimum atomic E-state index is -0.914. The van der Waals surface area contributed by atoms with Gasteiger partial charge in [0.15, 0.2) is 23.0 Å². The Kier molecular flexibility index (Phi) is 10.6. The number of unbranched alkanes of at least 4 members (excludes halogenated alkanes) is 1. The van der Waals surface area contributed by atoms with Gasteiger partial charge in [0.25, 0.3) is 5.91 Å². The molecule has 4 rings (SSSR count). The molecule has 1 aromatic heterocycles. The summed E-state index contributed by atoms with van der Waals surface area (Å²) in [7, 11) is 5.97. The number of aromatic nitrogens is 1. The standard InChI is InChI=1S/C33H36N2O8/c1-6-7-16-42-31-18-22(10-13-28(31)38-2)32(36)35-26(33(37)41-5)17-21-8-11-23(12-9-21)43-27-14-15-34-25-20-30(40-4)29(39-3)19-24(25)27/h8-15,18-20,26H,6-7,16-17H2,1-5H3,(H,35,36). The average Bonchev–Trinajstić information content (AvgIpc) is 3.04. The van der Waals surface area contributed by atoms with E-state index in [2.05, 4.69) is 17.2 Å². The predicted molar refractivity (Wildman–Crippen MR) is 162 cm³/mol. The second-order valence-corrected chi connectivity index (χ2v) is 9.60. The molecule has 1 atom stereocenters. The van der Waals surface area contributed by atoms with Gasteiger partial charge in [-0.3, -0.25) is 9.78 Å². The van der Waals surface area contributed by atoms with Crippen LogP contribution in [0.3, 0.4) is 0 Å². The van der Waals surface area contributed by atoms with Crippen molar-refractivity contribution in [1.82, 2.24) is 10.3 Å². The van der Waals surface area contributed by atoms with E-state index < -0.39 is 17.9 Å². The number of nitrogens with one attached hydrogen (secondary N) is 1. The molecule has 0 saturated carbocycles. The number of carbonyl (C=O) groups is 2. The summed E-state index contributed by atoms with van der Waals surface area (Å²) < 4.78 is 33.1. The summed E-state index contributed by atoms with van der Waals surface area (Å²) in [5.74, 6) is 2.31. The highest BCUT2D eigenvalue weighted by Crippen LogP contribution is 2.37. The second kappa shape index (κ2) is 14.8.